The zero-order valence-electron chi connectivity index (χ0n) is 9.11. The van der Waals surface area contributed by atoms with Crippen LogP contribution < -0.4 is 0 Å². The number of phenols is 1. The zero-order valence-corrected chi connectivity index (χ0v) is 11.5. The van der Waals surface area contributed by atoms with Crippen molar-refractivity contribution in [2.24, 2.45) is 0 Å². The molecule has 0 radical (unpaired) electrons. The molecule has 3 aromatic rings. The Hall–Kier alpha value is -1.52. The summed E-state index contributed by atoms with van der Waals surface area (Å²) in [5.41, 5.74) is 2.40. The van der Waals surface area contributed by atoms with Crippen molar-refractivity contribution >= 4 is 38.6 Å². The highest BCUT2D eigenvalue weighted by Crippen LogP contribution is 2.30. The first kappa shape index (κ1) is 11.6. The molecule has 3 rings (SSSR count). The van der Waals surface area contributed by atoms with Crippen molar-refractivity contribution in [2.45, 2.75) is 0 Å². The lowest BCUT2D eigenvalue weighted by atomic mass is 10.2. The summed E-state index contributed by atoms with van der Waals surface area (Å²) in [6.45, 7) is 0. The zero-order chi connectivity index (χ0) is 12.7. The van der Waals surface area contributed by atoms with Crippen molar-refractivity contribution in [3.05, 3.63) is 45.9 Å². The molecule has 0 amide bonds. The van der Waals surface area contributed by atoms with Gasteiger partial charge in [0.2, 0.25) is 0 Å². The molecular formula is C13H8BrClN2O. The van der Waals surface area contributed by atoms with Crippen molar-refractivity contribution in [1.82, 2.24) is 9.97 Å². The SMILES string of the molecule is Oc1ccc2nc(-c3ccc(Br)cc3Cl)[nH]c2c1. The maximum absolute atomic E-state index is 9.42. The van der Waals surface area contributed by atoms with Crippen LogP contribution in [0.15, 0.2) is 40.9 Å². The molecule has 0 unspecified atom stereocenters. The summed E-state index contributed by atoms with van der Waals surface area (Å²) < 4.78 is 0.921. The van der Waals surface area contributed by atoms with E-state index in [2.05, 4.69) is 25.9 Å². The third kappa shape index (κ3) is 1.98. The number of imidazole rings is 1. The van der Waals surface area contributed by atoms with E-state index < -0.39 is 0 Å². The topological polar surface area (TPSA) is 48.9 Å². The lowest BCUT2D eigenvalue weighted by molar-refractivity contribution is 0.476. The number of fused-ring (bicyclic) bond motifs is 1. The molecule has 0 aliphatic carbocycles. The van der Waals surface area contributed by atoms with Gasteiger partial charge in [0.1, 0.15) is 11.6 Å². The van der Waals surface area contributed by atoms with E-state index >= 15 is 0 Å². The smallest absolute Gasteiger partial charge is 0.140 e. The molecule has 18 heavy (non-hydrogen) atoms. The highest BCUT2D eigenvalue weighted by atomic mass is 79.9. The Morgan fingerprint density at radius 2 is 2.00 bits per heavy atom. The molecule has 0 saturated heterocycles. The summed E-state index contributed by atoms with van der Waals surface area (Å²) in [5, 5.41) is 10.0. The minimum atomic E-state index is 0.208. The Morgan fingerprint density at radius 1 is 1.17 bits per heavy atom. The molecule has 0 spiro atoms. The summed E-state index contributed by atoms with van der Waals surface area (Å²) >= 11 is 9.55. The Morgan fingerprint density at radius 3 is 2.78 bits per heavy atom. The monoisotopic (exact) mass is 322 g/mol. The predicted octanol–water partition coefficient (Wildman–Crippen LogP) is 4.35. The van der Waals surface area contributed by atoms with Gasteiger partial charge < -0.3 is 10.1 Å². The number of aromatic nitrogens is 2. The van der Waals surface area contributed by atoms with E-state index in [4.69, 9.17) is 11.6 Å². The summed E-state index contributed by atoms with van der Waals surface area (Å²) in [4.78, 5) is 7.59. The normalized spacial score (nSPS) is 11.0. The maximum Gasteiger partial charge on any atom is 0.140 e. The third-order valence-corrected chi connectivity index (χ3v) is 3.46. The number of rotatable bonds is 1. The minimum absolute atomic E-state index is 0.208. The quantitative estimate of drug-likeness (QED) is 0.699. The summed E-state index contributed by atoms with van der Waals surface area (Å²) in [5.74, 6) is 0.896. The first-order valence-electron chi connectivity index (χ1n) is 5.27. The highest BCUT2D eigenvalue weighted by Gasteiger charge is 2.09. The molecule has 5 heteroatoms. The lowest BCUT2D eigenvalue weighted by Gasteiger charge is -2.00. The van der Waals surface area contributed by atoms with Gasteiger partial charge in [0, 0.05) is 16.1 Å². The fraction of sp³-hybridized carbons (Fsp3) is 0. The number of nitrogens with zero attached hydrogens (tertiary/aromatic N) is 1. The number of halogens is 2. The van der Waals surface area contributed by atoms with Crippen LogP contribution in [0.25, 0.3) is 22.4 Å². The molecule has 0 aliphatic heterocycles. The number of phenolic OH excluding ortho intramolecular Hbond substituents is 1. The number of aromatic amines is 1. The predicted molar refractivity (Wildman–Crippen MR) is 75.9 cm³/mol. The van der Waals surface area contributed by atoms with Crippen LogP contribution in [-0.4, -0.2) is 15.1 Å². The summed E-state index contributed by atoms with van der Waals surface area (Å²) in [7, 11) is 0. The van der Waals surface area contributed by atoms with Crippen LogP contribution in [-0.2, 0) is 0 Å². The van der Waals surface area contributed by atoms with E-state index in [0.717, 1.165) is 21.1 Å². The molecule has 1 heterocycles. The molecule has 1 aromatic heterocycles. The van der Waals surface area contributed by atoms with Crippen LogP contribution >= 0.6 is 27.5 Å². The number of nitrogens with one attached hydrogen (secondary N) is 1. The van der Waals surface area contributed by atoms with E-state index in [1.165, 1.54) is 0 Å². The van der Waals surface area contributed by atoms with E-state index in [9.17, 15) is 5.11 Å². The van der Waals surface area contributed by atoms with Crippen LogP contribution in [0.3, 0.4) is 0 Å². The van der Waals surface area contributed by atoms with Crippen LogP contribution in [0.2, 0.25) is 5.02 Å². The van der Waals surface area contributed by atoms with Gasteiger partial charge in [-0.3, -0.25) is 0 Å². The van der Waals surface area contributed by atoms with Crippen molar-refractivity contribution in [3.8, 4) is 17.1 Å². The number of aromatic hydroxyl groups is 1. The van der Waals surface area contributed by atoms with E-state index in [1.54, 1.807) is 18.2 Å². The van der Waals surface area contributed by atoms with Gasteiger partial charge >= 0.3 is 0 Å². The van der Waals surface area contributed by atoms with Gasteiger partial charge in [0.25, 0.3) is 0 Å². The van der Waals surface area contributed by atoms with Crippen LogP contribution in [0.1, 0.15) is 0 Å². The molecule has 3 nitrogen and oxygen atoms in total. The minimum Gasteiger partial charge on any atom is -0.508 e. The maximum atomic E-state index is 9.42. The van der Waals surface area contributed by atoms with Crippen LogP contribution in [0.4, 0.5) is 0 Å². The Balaban J connectivity index is 2.19. The van der Waals surface area contributed by atoms with E-state index in [1.807, 2.05) is 18.2 Å². The Labute approximate surface area is 117 Å². The average Bonchev–Trinajstić information content (AvgIpc) is 2.71. The van der Waals surface area contributed by atoms with Gasteiger partial charge in [0.05, 0.1) is 16.1 Å². The van der Waals surface area contributed by atoms with Crippen molar-refractivity contribution < 1.29 is 5.11 Å². The second-order valence-electron chi connectivity index (χ2n) is 3.91. The van der Waals surface area contributed by atoms with Gasteiger partial charge in [-0.05, 0) is 30.3 Å². The van der Waals surface area contributed by atoms with Crippen LogP contribution in [0.5, 0.6) is 5.75 Å². The second kappa shape index (κ2) is 4.30. The van der Waals surface area contributed by atoms with E-state index in [0.29, 0.717) is 10.8 Å². The van der Waals surface area contributed by atoms with Gasteiger partial charge in [0.15, 0.2) is 0 Å². The van der Waals surface area contributed by atoms with Gasteiger partial charge in [-0.1, -0.05) is 27.5 Å². The van der Waals surface area contributed by atoms with Crippen molar-refractivity contribution in [3.63, 3.8) is 0 Å². The number of benzene rings is 2. The standard InChI is InChI=1S/C13H8BrClN2O/c14-7-1-3-9(10(15)5-7)13-16-11-4-2-8(18)6-12(11)17-13/h1-6,18H,(H,16,17). The lowest BCUT2D eigenvalue weighted by Crippen LogP contribution is -1.81. The molecule has 0 fully saturated rings. The first-order chi connectivity index (χ1) is 8.63. The summed E-state index contributed by atoms with van der Waals surface area (Å²) in [6, 6.07) is 10.6. The molecular weight excluding hydrogens is 316 g/mol. The molecule has 0 atom stereocenters. The van der Waals surface area contributed by atoms with Gasteiger partial charge in [-0.25, -0.2) is 4.98 Å². The largest absolute Gasteiger partial charge is 0.508 e. The van der Waals surface area contributed by atoms with Crippen molar-refractivity contribution in [1.29, 1.82) is 0 Å². The Kier molecular flexibility index (Phi) is 2.76. The Bertz CT molecular complexity index is 739. The number of hydrogen-bond acceptors (Lipinski definition) is 2. The van der Waals surface area contributed by atoms with Gasteiger partial charge in [-0.15, -0.1) is 0 Å². The second-order valence-corrected chi connectivity index (χ2v) is 5.23. The summed E-state index contributed by atoms with van der Waals surface area (Å²) in [6.07, 6.45) is 0. The number of H-pyrrole nitrogens is 1. The van der Waals surface area contributed by atoms with E-state index in [-0.39, 0.29) is 5.75 Å². The van der Waals surface area contributed by atoms with Crippen molar-refractivity contribution in [2.75, 3.05) is 0 Å². The number of hydrogen-bond donors (Lipinski definition) is 2. The van der Waals surface area contributed by atoms with Gasteiger partial charge in [-0.2, -0.15) is 0 Å². The highest BCUT2D eigenvalue weighted by molar-refractivity contribution is 9.10. The molecule has 2 N–H and O–H groups in total. The van der Waals surface area contributed by atoms with Crippen LogP contribution in [0, 0.1) is 0 Å². The molecule has 0 aliphatic rings. The molecule has 0 saturated carbocycles. The third-order valence-electron chi connectivity index (χ3n) is 2.65. The average molecular weight is 324 g/mol. The molecule has 0 bridgehead atoms. The fourth-order valence-electron chi connectivity index (χ4n) is 1.81. The molecule has 90 valence electrons. The molecule has 2 aromatic carbocycles. The fourth-order valence-corrected chi connectivity index (χ4v) is 2.57. The first-order valence-corrected chi connectivity index (χ1v) is 6.45.